The van der Waals surface area contributed by atoms with Crippen LogP contribution >= 0.6 is 0 Å². The van der Waals surface area contributed by atoms with Gasteiger partial charge in [0.2, 0.25) is 0 Å². The van der Waals surface area contributed by atoms with Crippen LogP contribution in [0, 0.1) is 0 Å². The van der Waals surface area contributed by atoms with Crippen molar-refractivity contribution in [2.45, 2.75) is 25.2 Å². The Hall–Kier alpha value is -0.880. The minimum atomic E-state index is -2.90. The number of nitrogens with two attached hydrogens (primary N) is 1. The topological polar surface area (TPSA) is 86.2 Å². The fraction of sp³-hybridized carbons (Fsp3) is 0.700. The Morgan fingerprint density at radius 1 is 1.56 bits per heavy atom. The van der Waals surface area contributed by atoms with Crippen molar-refractivity contribution in [2.75, 3.05) is 18.1 Å². The summed E-state index contributed by atoms with van der Waals surface area (Å²) in [6, 6.07) is 0. The molecule has 2 heterocycles. The average molecular weight is 244 g/mol. The van der Waals surface area contributed by atoms with Gasteiger partial charge in [0.05, 0.1) is 17.7 Å². The molecule has 1 aromatic heterocycles. The van der Waals surface area contributed by atoms with E-state index in [1.165, 1.54) is 0 Å². The van der Waals surface area contributed by atoms with Gasteiger partial charge in [0.15, 0.2) is 15.7 Å². The maximum atomic E-state index is 11.5. The molecule has 2 rings (SSSR count). The van der Waals surface area contributed by atoms with Crippen molar-refractivity contribution in [3.8, 4) is 0 Å². The molecule has 0 amide bonds. The van der Waals surface area contributed by atoms with Gasteiger partial charge in [0.1, 0.15) is 5.76 Å². The van der Waals surface area contributed by atoms with Crippen LogP contribution in [0.3, 0.4) is 0 Å². The number of aromatic nitrogens is 1. The third-order valence-electron chi connectivity index (χ3n) is 2.80. The van der Waals surface area contributed by atoms with Crippen molar-refractivity contribution in [2.24, 2.45) is 5.73 Å². The van der Waals surface area contributed by atoms with Crippen molar-refractivity contribution in [3.63, 3.8) is 0 Å². The Morgan fingerprint density at radius 2 is 2.38 bits per heavy atom. The molecule has 6 heteroatoms. The van der Waals surface area contributed by atoms with Crippen LogP contribution in [-0.2, 0) is 16.3 Å². The van der Waals surface area contributed by atoms with E-state index in [4.69, 9.17) is 10.2 Å². The first-order valence-electron chi connectivity index (χ1n) is 5.46. The minimum absolute atomic E-state index is 0.0298. The molecule has 1 aliphatic rings. The highest BCUT2D eigenvalue weighted by molar-refractivity contribution is 7.91. The van der Waals surface area contributed by atoms with E-state index in [-0.39, 0.29) is 11.7 Å². The van der Waals surface area contributed by atoms with Crippen molar-refractivity contribution in [3.05, 3.63) is 17.8 Å². The van der Waals surface area contributed by atoms with E-state index in [9.17, 15) is 8.42 Å². The number of rotatable bonds is 3. The summed E-state index contributed by atoms with van der Waals surface area (Å²) in [5.41, 5.74) is 5.40. The van der Waals surface area contributed by atoms with Gasteiger partial charge < -0.3 is 10.2 Å². The van der Waals surface area contributed by atoms with Crippen molar-refractivity contribution in [1.82, 2.24) is 4.98 Å². The molecule has 0 radical (unpaired) electrons. The van der Waals surface area contributed by atoms with Crippen LogP contribution < -0.4 is 5.73 Å². The monoisotopic (exact) mass is 244 g/mol. The molecule has 1 unspecified atom stereocenters. The first kappa shape index (κ1) is 11.6. The number of oxazole rings is 1. The molecule has 90 valence electrons. The second-order valence-electron chi connectivity index (χ2n) is 4.15. The second kappa shape index (κ2) is 4.55. The predicted molar refractivity (Wildman–Crippen MR) is 59.9 cm³/mol. The Morgan fingerprint density at radius 3 is 3.06 bits per heavy atom. The number of nitrogens with zero attached hydrogens (tertiary/aromatic N) is 1. The smallest absolute Gasteiger partial charge is 0.195 e. The van der Waals surface area contributed by atoms with E-state index in [1.807, 2.05) is 0 Å². The maximum absolute atomic E-state index is 11.5. The standard InChI is InChI=1S/C10H16N2O3S/c11-4-3-10-12-6-9(15-10)8-2-1-5-16(13,14)7-8/h6,8H,1-5,7,11H2. The third kappa shape index (κ3) is 2.62. The SMILES string of the molecule is NCCc1ncc(C2CCCS(=O)(=O)C2)o1. The maximum Gasteiger partial charge on any atom is 0.195 e. The van der Waals surface area contributed by atoms with Gasteiger partial charge in [0, 0.05) is 18.9 Å². The lowest BCUT2D eigenvalue weighted by Gasteiger charge is -2.19. The van der Waals surface area contributed by atoms with Gasteiger partial charge in [-0.3, -0.25) is 0 Å². The highest BCUT2D eigenvalue weighted by atomic mass is 32.2. The summed E-state index contributed by atoms with van der Waals surface area (Å²) >= 11 is 0. The van der Waals surface area contributed by atoms with Gasteiger partial charge in [0.25, 0.3) is 0 Å². The summed E-state index contributed by atoms with van der Waals surface area (Å²) in [5, 5.41) is 0. The second-order valence-corrected chi connectivity index (χ2v) is 6.38. The zero-order chi connectivity index (χ0) is 11.6. The first-order chi connectivity index (χ1) is 7.61. The van der Waals surface area contributed by atoms with Gasteiger partial charge in [-0.2, -0.15) is 0 Å². The molecule has 16 heavy (non-hydrogen) atoms. The first-order valence-corrected chi connectivity index (χ1v) is 7.28. The average Bonchev–Trinajstić information content (AvgIpc) is 2.65. The molecular weight excluding hydrogens is 228 g/mol. The highest BCUT2D eigenvalue weighted by Gasteiger charge is 2.28. The largest absolute Gasteiger partial charge is 0.445 e. The molecule has 1 saturated heterocycles. The zero-order valence-corrected chi connectivity index (χ0v) is 9.87. The van der Waals surface area contributed by atoms with E-state index in [1.54, 1.807) is 6.20 Å². The van der Waals surface area contributed by atoms with Gasteiger partial charge in [-0.25, -0.2) is 13.4 Å². The van der Waals surface area contributed by atoms with Crippen LogP contribution in [0.5, 0.6) is 0 Å². The molecule has 1 atom stereocenters. The van der Waals surface area contributed by atoms with E-state index < -0.39 is 9.84 Å². The van der Waals surface area contributed by atoms with Crippen molar-refractivity contribution in [1.29, 1.82) is 0 Å². The van der Waals surface area contributed by atoms with Gasteiger partial charge >= 0.3 is 0 Å². The van der Waals surface area contributed by atoms with Gasteiger partial charge in [-0.1, -0.05) is 0 Å². The lowest BCUT2D eigenvalue weighted by atomic mass is 10.0. The van der Waals surface area contributed by atoms with Crippen LogP contribution in [-0.4, -0.2) is 31.5 Å². The fourth-order valence-corrected chi connectivity index (χ4v) is 3.72. The molecule has 0 bridgehead atoms. The van der Waals surface area contributed by atoms with Crippen molar-refractivity contribution >= 4 is 9.84 Å². The molecule has 0 aromatic carbocycles. The molecule has 5 nitrogen and oxygen atoms in total. The van der Waals surface area contributed by atoms with Crippen LogP contribution in [0.15, 0.2) is 10.6 Å². The highest BCUT2D eigenvalue weighted by Crippen LogP contribution is 2.28. The molecule has 0 saturated carbocycles. The lowest BCUT2D eigenvalue weighted by Crippen LogP contribution is -2.23. The summed E-state index contributed by atoms with van der Waals surface area (Å²) in [7, 11) is -2.90. The van der Waals surface area contributed by atoms with Gasteiger partial charge in [-0.05, 0) is 12.8 Å². The number of hydrogen-bond acceptors (Lipinski definition) is 5. The van der Waals surface area contributed by atoms with Crippen LogP contribution in [0.1, 0.15) is 30.4 Å². The molecule has 1 fully saturated rings. The molecule has 2 N–H and O–H groups in total. The quantitative estimate of drug-likeness (QED) is 0.835. The Kier molecular flexibility index (Phi) is 3.30. The normalized spacial score (nSPS) is 24.4. The molecule has 1 aromatic rings. The summed E-state index contributed by atoms with van der Waals surface area (Å²) < 4.78 is 28.5. The third-order valence-corrected chi connectivity index (χ3v) is 4.62. The van der Waals surface area contributed by atoms with E-state index in [0.717, 1.165) is 6.42 Å². The summed E-state index contributed by atoms with van der Waals surface area (Å²) in [6.45, 7) is 0.489. The molecular formula is C10H16N2O3S. The van der Waals surface area contributed by atoms with E-state index in [2.05, 4.69) is 4.98 Å². The Balaban J connectivity index is 2.11. The zero-order valence-electron chi connectivity index (χ0n) is 9.05. The Labute approximate surface area is 95.0 Å². The van der Waals surface area contributed by atoms with E-state index >= 15 is 0 Å². The number of hydrogen-bond donors (Lipinski definition) is 1. The summed E-state index contributed by atoms with van der Waals surface area (Å²) in [5.74, 6) is 1.74. The molecule has 0 aliphatic carbocycles. The van der Waals surface area contributed by atoms with Gasteiger partial charge in [-0.15, -0.1) is 0 Å². The Bertz CT molecular complexity index is 452. The summed E-state index contributed by atoms with van der Waals surface area (Å²) in [6.07, 6.45) is 3.80. The predicted octanol–water partition coefficient (Wildman–Crippen LogP) is 0.468. The van der Waals surface area contributed by atoms with Crippen molar-refractivity contribution < 1.29 is 12.8 Å². The van der Waals surface area contributed by atoms with Crippen LogP contribution in [0.4, 0.5) is 0 Å². The molecule has 0 spiro atoms. The van der Waals surface area contributed by atoms with Crippen LogP contribution in [0.2, 0.25) is 0 Å². The van der Waals surface area contributed by atoms with E-state index in [0.29, 0.717) is 36.8 Å². The van der Waals surface area contributed by atoms with Crippen LogP contribution in [0.25, 0.3) is 0 Å². The fourth-order valence-electron chi connectivity index (χ4n) is 2.00. The molecule has 1 aliphatic heterocycles. The lowest BCUT2D eigenvalue weighted by molar-refractivity contribution is 0.416. The number of sulfone groups is 1. The summed E-state index contributed by atoms with van der Waals surface area (Å²) in [4.78, 5) is 4.09. The minimum Gasteiger partial charge on any atom is -0.445 e.